The molecular weight excluding hydrogens is 1130 g/mol. The lowest BCUT2D eigenvalue weighted by Gasteiger charge is -2.29. The molecular formula is C57H60F12N4O10. The highest BCUT2D eigenvalue weighted by Crippen LogP contribution is 2.40. The maximum Gasteiger partial charge on any atom is 0.417 e. The summed E-state index contributed by atoms with van der Waals surface area (Å²) in [5.74, 6) is -1.36. The molecule has 2 N–H and O–H groups in total. The van der Waals surface area contributed by atoms with Crippen LogP contribution >= 0.6 is 0 Å². The van der Waals surface area contributed by atoms with E-state index in [9.17, 15) is 76.7 Å². The number of amides is 3. The number of benzene rings is 4. The molecule has 0 aromatic heterocycles. The number of fused-ring (bicyclic) bond motifs is 2. The van der Waals surface area contributed by atoms with Crippen molar-refractivity contribution in [3.8, 4) is 11.5 Å². The van der Waals surface area contributed by atoms with Gasteiger partial charge in [-0.2, -0.15) is 52.7 Å². The zero-order chi connectivity index (χ0) is 61.9. The van der Waals surface area contributed by atoms with Crippen LogP contribution in [-0.2, 0) is 66.2 Å². The van der Waals surface area contributed by atoms with Gasteiger partial charge in [0.2, 0.25) is 11.8 Å². The molecule has 0 bridgehead atoms. The Morgan fingerprint density at radius 3 is 1.43 bits per heavy atom. The third-order valence-electron chi connectivity index (χ3n) is 11.9. The zero-order valence-corrected chi connectivity index (χ0v) is 45.7. The Balaban J connectivity index is 0.000000315. The van der Waals surface area contributed by atoms with E-state index >= 15 is 0 Å². The first kappa shape index (κ1) is 66.0. The van der Waals surface area contributed by atoms with E-state index in [4.69, 9.17) is 24.1 Å². The van der Waals surface area contributed by atoms with E-state index in [2.05, 4.69) is 5.32 Å². The Bertz CT molecular complexity index is 3030. The van der Waals surface area contributed by atoms with Crippen molar-refractivity contribution in [2.75, 3.05) is 62.3 Å². The van der Waals surface area contributed by atoms with Gasteiger partial charge >= 0.3 is 42.7 Å². The average molecular weight is 1190 g/mol. The molecule has 83 heavy (non-hydrogen) atoms. The number of aliphatic carboxylic acids is 1. The number of anilines is 2. The van der Waals surface area contributed by atoms with Crippen LogP contribution in [-0.4, -0.2) is 104 Å². The lowest BCUT2D eigenvalue weighted by Crippen LogP contribution is -2.45. The maximum absolute atomic E-state index is 13.4. The molecule has 3 amide bonds. The standard InChI is InChI=1S/C33H38F6N2O6.C24H22F6N2O4/c1-30(2,3)46-28(43)14-15-40(29(44)47-31(4,5)6)20-27(42)41-16-13-22-18-24(11-12-26(22)41)45-17-7-8-21-9-10-23(32(34,35)36)19-25(21)33(37,38)39;25-23(26,27)17-4-3-15(19(13-17)24(28,29)30)2-1-11-36-18-5-6-20-16(12-18)8-10-32(20)21(33)14-31-9-7-22(34)35/h7-12,18-19H,13-17,20H2,1-6H3;1-6,12-13,31H,7-11,14H2,(H,34,35)/b8-7+;2-1+. The van der Waals surface area contributed by atoms with Crippen molar-refractivity contribution < 1.29 is 101 Å². The largest absolute Gasteiger partial charge is 0.490 e. The van der Waals surface area contributed by atoms with Crippen molar-refractivity contribution in [1.82, 2.24) is 10.2 Å². The van der Waals surface area contributed by atoms with Crippen LogP contribution in [0.2, 0.25) is 0 Å². The molecule has 0 atom stereocenters. The molecule has 0 radical (unpaired) electrons. The van der Waals surface area contributed by atoms with Crippen molar-refractivity contribution in [3.05, 3.63) is 129 Å². The van der Waals surface area contributed by atoms with E-state index in [1.54, 1.807) is 82.8 Å². The lowest BCUT2D eigenvalue weighted by molar-refractivity contribution is -0.155. The topological polar surface area (TPSA) is 164 Å². The molecule has 2 heterocycles. The Labute approximate surface area is 469 Å². The van der Waals surface area contributed by atoms with E-state index in [0.717, 1.165) is 40.3 Å². The van der Waals surface area contributed by atoms with Crippen LogP contribution in [0.3, 0.4) is 0 Å². The Morgan fingerprint density at radius 2 is 1.02 bits per heavy atom. The Hall–Kier alpha value is -7.77. The molecule has 0 spiro atoms. The predicted octanol–water partition coefficient (Wildman–Crippen LogP) is 12.4. The van der Waals surface area contributed by atoms with Crippen LogP contribution in [0.5, 0.6) is 11.5 Å². The number of esters is 1. The minimum Gasteiger partial charge on any atom is -0.490 e. The van der Waals surface area contributed by atoms with Gasteiger partial charge in [0.1, 0.15) is 42.5 Å². The second-order valence-corrected chi connectivity index (χ2v) is 20.8. The lowest BCUT2D eigenvalue weighted by atomic mass is 10.0. The zero-order valence-electron chi connectivity index (χ0n) is 45.7. The summed E-state index contributed by atoms with van der Waals surface area (Å²) in [6, 6.07) is 12.7. The minimum atomic E-state index is -4.99. The number of nitrogens with one attached hydrogen (secondary N) is 1. The molecule has 0 saturated carbocycles. The number of hydrogen-bond donors (Lipinski definition) is 2. The minimum absolute atomic E-state index is 0.0143. The highest BCUT2D eigenvalue weighted by atomic mass is 19.4. The normalized spacial score (nSPS) is 13.8. The smallest absolute Gasteiger partial charge is 0.417 e. The first-order valence-electron chi connectivity index (χ1n) is 25.5. The van der Waals surface area contributed by atoms with Crippen molar-refractivity contribution in [1.29, 1.82) is 0 Å². The highest BCUT2D eigenvalue weighted by molar-refractivity contribution is 5.98. The number of nitrogens with zero attached hydrogens (tertiary/aromatic N) is 3. The first-order chi connectivity index (χ1) is 38.4. The third kappa shape index (κ3) is 20.3. The molecule has 2 aliphatic heterocycles. The molecule has 14 nitrogen and oxygen atoms in total. The van der Waals surface area contributed by atoms with Crippen LogP contribution in [0.4, 0.5) is 68.9 Å². The summed E-state index contributed by atoms with van der Waals surface area (Å²) in [5, 5.41) is 11.4. The fourth-order valence-corrected chi connectivity index (χ4v) is 8.25. The van der Waals surface area contributed by atoms with Gasteiger partial charge in [0.05, 0.1) is 41.6 Å². The summed E-state index contributed by atoms with van der Waals surface area (Å²) in [7, 11) is 0. The van der Waals surface area contributed by atoms with Crippen molar-refractivity contribution >= 4 is 53.4 Å². The van der Waals surface area contributed by atoms with E-state index < -0.39 is 93.2 Å². The molecule has 0 aliphatic carbocycles. The number of carboxylic acid groups (broad SMARTS) is 1. The van der Waals surface area contributed by atoms with Gasteiger partial charge in [0.15, 0.2) is 0 Å². The summed E-state index contributed by atoms with van der Waals surface area (Å²) in [6.45, 7) is 10.3. The summed E-state index contributed by atoms with van der Waals surface area (Å²) in [4.78, 5) is 65.6. The van der Waals surface area contributed by atoms with Gasteiger partial charge in [0.25, 0.3) is 0 Å². The van der Waals surface area contributed by atoms with Gasteiger partial charge in [-0.05, 0) is 149 Å². The fourth-order valence-electron chi connectivity index (χ4n) is 8.25. The number of carbonyl (C=O) groups is 5. The maximum atomic E-state index is 13.4. The number of rotatable bonds is 18. The molecule has 4 aromatic rings. The van der Waals surface area contributed by atoms with E-state index in [-0.39, 0.29) is 70.3 Å². The number of alkyl halides is 12. The summed E-state index contributed by atoms with van der Waals surface area (Å²) >= 11 is 0. The van der Waals surface area contributed by atoms with Gasteiger partial charge in [-0.1, -0.05) is 24.3 Å². The van der Waals surface area contributed by atoms with Crippen LogP contribution < -0.4 is 24.6 Å². The second kappa shape index (κ2) is 27.1. The first-order valence-corrected chi connectivity index (χ1v) is 25.5. The predicted molar refractivity (Wildman–Crippen MR) is 280 cm³/mol. The van der Waals surface area contributed by atoms with Crippen LogP contribution in [0.15, 0.2) is 84.9 Å². The van der Waals surface area contributed by atoms with Gasteiger partial charge < -0.3 is 39.2 Å². The number of carboxylic acids is 1. The van der Waals surface area contributed by atoms with Gasteiger partial charge in [-0.15, -0.1) is 0 Å². The highest BCUT2D eigenvalue weighted by Gasteiger charge is 2.39. The van der Waals surface area contributed by atoms with Crippen molar-refractivity contribution in [3.63, 3.8) is 0 Å². The molecule has 0 fully saturated rings. The molecule has 452 valence electrons. The summed E-state index contributed by atoms with van der Waals surface area (Å²) < 4.78 is 179. The quantitative estimate of drug-likeness (QED) is 0.0553. The summed E-state index contributed by atoms with van der Waals surface area (Å²) in [6.07, 6.45) is -15.1. The van der Waals surface area contributed by atoms with Crippen molar-refractivity contribution in [2.45, 2.75) is 103 Å². The molecule has 2 aliphatic rings. The van der Waals surface area contributed by atoms with E-state index in [1.165, 1.54) is 17.1 Å². The molecule has 6 rings (SSSR count). The Kier molecular flexibility index (Phi) is 21.5. The van der Waals surface area contributed by atoms with E-state index in [1.807, 2.05) is 0 Å². The third-order valence-corrected chi connectivity index (χ3v) is 11.9. The van der Waals surface area contributed by atoms with Crippen LogP contribution in [0, 0.1) is 0 Å². The van der Waals surface area contributed by atoms with Gasteiger partial charge in [0, 0.05) is 37.6 Å². The number of carbonyl (C=O) groups excluding carboxylic acids is 4. The van der Waals surface area contributed by atoms with E-state index in [0.29, 0.717) is 60.9 Å². The number of halogens is 12. The second-order valence-electron chi connectivity index (χ2n) is 20.8. The summed E-state index contributed by atoms with van der Waals surface area (Å²) in [5.41, 5.74) is -5.17. The SMILES string of the molecule is CC(C)(C)OC(=O)CCN(CC(=O)N1CCc2cc(OC/C=C/c3ccc(C(F)(F)F)cc3C(F)(F)F)ccc21)C(=O)OC(C)(C)C.O=C(O)CCNCC(=O)N1CCc2cc(OC/C=C/c3ccc(C(F)(F)F)cc3C(F)(F)F)ccc21. The van der Waals surface area contributed by atoms with Gasteiger partial charge in [-0.3, -0.25) is 24.1 Å². The number of hydrogen-bond acceptors (Lipinski definition) is 10. The Morgan fingerprint density at radius 1 is 0.578 bits per heavy atom. The molecule has 0 unspecified atom stereocenters. The average Bonchev–Trinajstić information content (AvgIpc) is 4.10. The molecule has 0 saturated heterocycles. The van der Waals surface area contributed by atoms with Crippen LogP contribution in [0.25, 0.3) is 12.2 Å². The van der Waals surface area contributed by atoms with Gasteiger partial charge in [-0.25, -0.2) is 4.79 Å². The monoisotopic (exact) mass is 1190 g/mol. The molecule has 4 aromatic carbocycles. The van der Waals surface area contributed by atoms with Crippen LogP contribution in [0.1, 0.15) is 98.9 Å². The molecule has 26 heteroatoms. The number of ether oxygens (including phenoxy) is 4. The fraction of sp³-hybridized carbons (Fsp3) is 0.421. The van der Waals surface area contributed by atoms with Crippen molar-refractivity contribution in [2.24, 2.45) is 0 Å².